The summed E-state index contributed by atoms with van der Waals surface area (Å²) < 4.78 is 27.4. The zero-order valence-corrected chi connectivity index (χ0v) is 12.5. The van der Waals surface area contributed by atoms with E-state index < -0.39 is 10.0 Å². The Hall–Kier alpha value is -0.920. The molecule has 0 aromatic carbocycles. The Kier molecular flexibility index (Phi) is 3.98. The van der Waals surface area contributed by atoms with Crippen LogP contribution < -0.4 is 5.73 Å². The van der Waals surface area contributed by atoms with Gasteiger partial charge in [-0.05, 0) is 33.6 Å². The summed E-state index contributed by atoms with van der Waals surface area (Å²) in [7, 11) is -3.53. The number of aromatic amines is 1. The van der Waals surface area contributed by atoms with Crippen LogP contribution in [0.3, 0.4) is 0 Å². The molecule has 1 saturated heterocycles. The van der Waals surface area contributed by atoms with Gasteiger partial charge in [0.2, 0.25) is 10.0 Å². The van der Waals surface area contributed by atoms with Crippen LogP contribution in [-0.2, 0) is 16.6 Å². The summed E-state index contributed by atoms with van der Waals surface area (Å²) in [5, 5.41) is 6.72. The van der Waals surface area contributed by atoms with E-state index in [4.69, 9.17) is 5.73 Å². The second-order valence-corrected chi connectivity index (χ2v) is 7.07. The molecule has 2 heterocycles. The van der Waals surface area contributed by atoms with Gasteiger partial charge >= 0.3 is 0 Å². The molecule has 1 aromatic heterocycles. The predicted molar refractivity (Wildman–Crippen MR) is 73.0 cm³/mol. The van der Waals surface area contributed by atoms with E-state index in [-0.39, 0.29) is 23.5 Å². The maximum Gasteiger partial charge on any atom is 0.247 e. The number of sulfonamides is 1. The van der Waals surface area contributed by atoms with Crippen LogP contribution in [-0.4, -0.2) is 35.0 Å². The van der Waals surface area contributed by atoms with Gasteiger partial charge in [-0.25, -0.2) is 8.42 Å². The summed E-state index contributed by atoms with van der Waals surface area (Å²) in [6, 6.07) is 0.0438. The van der Waals surface area contributed by atoms with Crippen molar-refractivity contribution >= 4 is 10.0 Å². The van der Waals surface area contributed by atoms with Gasteiger partial charge in [0, 0.05) is 18.6 Å². The second-order valence-electron chi connectivity index (χ2n) is 5.29. The molecule has 7 heteroatoms. The van der Waals surface area contributed by atoms with Crippen LogP contribution in [0, 0.1) is 6.92 Å². The first-order valence-electron chi connectivity index (χ1n) is 6.67. The van der Waals surface area contributed by atoms with Crippen LogP contribution in [0.2, 0.25) is 0 Å². The van der Waals surface area contributed by atoms with Gasteiger partial charge in [0.15, 0.2) is 0 Å². The van der Waals surface area contributed by atoms with E-state index in [0.717, 1.165) is 19.3 Å². The highest BCUT2D eigenvalue weighted by molar-refractivity contribution is 7.89. The zero-order valence-electron chi connectivity index (χ0n) is 11.7. The first-order chi connectivity index (χ1) is 8.89. The normalized spacial score (nSPS) is 25.7. The van der Waals surface area contributed by atoms with E-state index in [1.54, 1.807) is 11.2 Å². The third-order valence-electron chi connectivity index (χ3n) is 3.80. The van der Waals surface area contributed by atoms with E-state index in [1.807, 2.05) is 13.8 Å². The topological polar surface area (TPSA) is 92.1 Å². The van der Waals surface area contributed by atoms with Gasteiger partial charge in [-0.1, -0.05) is 6.42 Å². The standard InChI is InChI=1S/C12H22N4O2S/c1-8-5-4-6-9(2)16(8)19(17,18)12-10(3)14-15-11(12)7-13/h8-9H,4-7,13H2,1-3H3,(H,14,15)/t8-,9+. The number of aryl methyl sites for hydroxylation is 1. The summed E-state index contributed by atoms with van der Waals surface area (Å²) in [6.45, 7) is 5.77. The van der Waals surface area contributed by atoms with Crippen molar-refractivity contribution in [2.75, 3.05) is 0 Å². The summed E-state index contributed by atoms with van der Waals surface area (Å²) in [6.07, 6.45) is 2.87. The van der Waals surface area contributed by atoms with Crippen molar-refractivity contribution in [3.63, 3.8) is 0 Å². The van der Waals surface area contributed by atoms with Crippen molar-refractivity contribution in [3.8, 4) is 0 Å². The first kappa shape index (κ1) is 14.5. The summed E-state index contributed by atoms with van der Waals surface area (Å²) in [4.78, 5) is 0.260. The summed E-state index contributed by atoms with van der Waals surface area (Å²) in [5.74, 6) is 0. The minimum atomic E-state index is -3.53. The van der Waals surface area contributed by atoms with Crippen molar-refractivity contribution in [1.82, 2.24) is 14.5 Å². The minimum absolute atomic E-state index is 0.0219. The van der Waals surface area contributed by atoms with Gasteiger partial charge in [-0.2, -0.15) is 9.40 Å². The molecule has 108 valence electrons. The van der Waals surface area contributed by atoms with Crippen LogP contribution in [0.15, 0.2) is 4.90 Å². The number of piperidine rings is 1. The molecule has 1 fully saturated rings. The van der Waals surface area contributed by atoms with Gasteiger partial charge in [0.1, 0.15) is 4.90 Å². The predicted octanol–water partition coefficient (Wildman–Crippen LogP) is 1.13. The lowest BCUT2D eigenvalue weighted by atomic mass is 10.0. The molecule has 3 N–H and O–H groups in total. The molecule has 1 aliphatic rings. The molecule has 2 rings (SSSR count). The molecule has 6 nitrogen and oxygen atoms in total. The van der Waals surface area contributed by atoms with E-state index in [2.05, 4.69) is 10.2 Å². The maximum atomic E-state index is 12.9. The highest BCUT2D eigenvalue weighted by Crippen LogP contribution is 2.31. The molecule has 0 saturated carbocycles. The molecule has 2 atom stereocenters. The zero-order chi connectivity index (χ0) is 14.2. The largest absolute Gasteiger partial charge is 0.325 e. The van der Waals surface area contributed by atoms with Crippen LogP contribution in [0.25, 0.3) is 0 Å². The van der Waals surface area contributed by atoms with E-state index in [0.29, 0.717) is 11.4 Å². The lowest BCUT2D eigenvalue weighted by Crippen LogP contribution is -2.47. The summed E-state index contributed by atoms with van der Waals surface area (Å²) in [5.41, 5.74) is 6.57. The van der Waals surface area contributed by atoms with E-state index >= 15 is 0 Å². The molecule has 0 spiro atoms. The van der Waals surface area contributed by atoms with E-state index in [1.165, 1.54) is 0 Å². The minimum Gasteiger partial charge on any atom is -0.325 e. The van der Waals surface area contributed by atoms with Gasteiger partial charge in [0.05, 0.1) is 11.4 Å². The Morgan fingerprint density at radius 1 is 1.37 bits per heavy atom. The van der Waals surface area contributed by atoms with Crippen LogP contribution in [0.4, 0.5) is 0 Å². The Morgan fingerprint density at radius 3 is 2.47 bits per heavy atom. The summed E-state index contributed by atoms with van der Waals surface area (Å²) >= 11 is 0. The third-order valence-corrected chi connectivity index (χ3v) is 6.14. The average Bonchev–Trinajstić information content (AvgIpc) is 2.70. The van der Waals surface area contributed by atoms with Gasteiger partial charge in [-0.3, -0.25) is 5.10 Å². The van der Waals surface area contributed by atoms with Gasteiger partial charge in [-0.15, -0.1) is 0 Å². The third kappa shape index (κ3) is 2.42. The van der Waals surface area contributed by atoms with Crippen LogP contribution in [0.5, 0.6) is 0 Å². The van der Waals surface area contributed by atoms with E-state index in [9.17, 15) is 8.42 Å². The molecule has 0 aliphatic carbocycles. The number of rotatable bonds is 3. The van der Waals surface area contributed by atoms with Gasteiger partial charge < -0.3 is 5.73 Å². The van der Waals surface area contributed by atoms with Crippen molar-refractivity contribution in [2.45, 2.75) is 63.6 Å². The molecule has 1 aromatic rings. The van der Waals surface area contributed by atoms with Crippen LogP contribution in [0.1, 0.15) is 44.5 Å². The molecule has 0 radical (unpaired) electrons. The van der Waals surface area contributed by atoms with Crippen molar-refractivity contribution in [3.05, 3.63) is 11.4 Å². The molecular weight excluding hydrogens is 264 g/mol. The maximum absolute atomic E-state index is 12.9. The van der Waals surface area contributed by atoms with Crippen molar-refractivity contribution in [2.24, 2.45) is 5.73 Å². The Balaban J connectivity index is 2.49. The number of nitrogens with two attached hydrogens (primary N) is 1. The molecule has 19 heavy (non-hydrogen) atoms. The number of hydrogen-bond acceptors (Lipinski definition) is 4. The highest BCUT2D eigenvalue weighted by atomic mass is 32.2. The number of H-pyrrole nitrogens is 1. The Labute approximate surface area is 114 Å². The fourth-order valence-corrected chi connectivity index (χ4v) is 5.16. The number of hydrogen-bond donors (Lipinski definition) is 2. The lowest BCUT2D eigenvalue weighted by molar-refractivity contribution is 0.204. The monoisotopic (exact) mass is 286 g/mol. The highest BCUT2D eigenvalue weighted by Gasteiger charge is 2.38. The fourth-order valence-electron chi connectivity index (χ4n) is 2.93. The Bertz CT molecular complexity index is 542. The molecule has 0 unspecified atom stereocenters. The number of nitrogens with one attached hydrogen (secondary N) is 1. The second kappa shape index (κ2) is 5.22. The van der Waals surface area contributed by atoms with Crippen molar-refractivity contribution < 1.29 is 8.42 Å². The fraction of sp³-hybridized carbons (Fsp3) is 0.750. The SMILES string of the molecule is Cc1[nH]nc(CN)c1S(=O)(=O)N1[C@H](C)CCC[C@@H]1C. The average molecular weight is 286 g/mol. The molecular formula is C12H22N4O2S. The lowest BCUT2D eigenvalue weighted by Gasteiger charge is -2.37. The van der Waals surface area contributed by atoms with Crippen molar-refractivity contribution in [1.29, 1.82) is 0 Å². The molecule has 1 aliphatic heterocycles. The number of aromatic nitrogens is 2. The quantitative estimate of drug-likeness (QED) is 0.871. The molecule has 0 bridgehead atoms. The van der Waals surface area contributed by atoms with Crippen LogP contribution >= 0.6 is 0 Å². The van der Waals surface area contributed by atoms with Gasteiger partial charge in [0.25, 0.3) is 0 Å². The smallest absolute Gasteiger partial charge is 0.247 e. The Morgan fingerprint density at radius 2 is 1.95 bits per heavy atom. The first-order valence-corrected chi connectivity index (χ1v) is 8.11. The number of nitrogens with zero attached hydrogens (tertiary/aromatic N) is 2. The molecule has 0 amide bonds.